The quantitative estimate of drug-likeness (QED) is 0.612. The van der Waals surface area contributed by atoms with E-state index in [9.17, 15) is 9.59 Å². The molecule has 6 heteroatoms. The molecule has 0 aliphatic carbocycles. The number of methoxy groups -OCH3 is 1. The van der Waals surface area contributed by atoms with Gasteiger partial charge in [-0.25, -0.2) is 0 Å². The van der Waals surface area contributed by atoms with Crippen LogP contribution in [0.3, 0.4) is 0 Å². The minimum atomic E-state index is -0.347. The van der Waals surface area contributed by atoms with Crippen molar-refractivity contribution in [2.75, 3.05) is 18.6 Å². The summed E-state index contributed by atoms with van der Waals surface area (Å²) in [4.78, 5) is 30.3. The molecule has 30 heavy (non-hydrogen) atoms. The molecule has 3 aromatic rings. The molecule has 6 nitrogen and oxygen atoms in total. The molecule has 3 heterocycles. The summed E-state index contributed by atoms with van der Waals surface area (Å²) in [5.41, 5.74) is 3.48. The minimum absolute atomic E-state index is 0.0856. The molecule has 2 aromatic carbocycles. The van der Waals surface area contributed by atoms with Crippen molar-refractivity contribution >= 4 is 23.1 Å². The third-order valence-corrected chi connectivity index (χ3v) is 5.57. The number of benzene rings is 2. The van der Waals surface area contributed by atoms with E-state index in [1.165, 1.54) is 11.2 Å². The van der Waals surface area contributed by atoms with Gasteiger partial charge in [-0.2, -0.15) is 0 Å². The smallest absolute Gasteiger partial charge is 0.278 e. The molecule has 0 atom stereocenters. The van der Waals surface area contributed by atoms with Crippen molar-refractivity contribution in [1.82, 2.24) is 4.90 Å². The van der Waals surface area contributed by atoms with Crippen molar-refractivity contribution in [2.45, 2.75) is 13.0 Å². The first-order valence-corrected chi connectivity index (χ1v) is 9.80. The Hall–Kier alpha value is -3.80. The van der Waals surface area contributed by atoms with Crippen molar-refractivity contribution in [1.29, 1.82) is 0 Å². The lowest BCUT2D eigenvalue weighted by molar-refractivity contribution is -0.137. The summed E-state index contributed by atoms with van der Waals surface area (Å²) in [6, 6.07) is 18.8. The number of amides is 2. The lowest BCUT2D eigenvalue weighted by atomic mass is 10.0. The van der Waals surface area contributed by atoms with E-state index in [2.05, 4.69) is 6.07 Å². The number of carbonyl (C=O) groups is 2. The first kappa shape index (κ1) is 18.2. The third kappa shape index (κ3) is 2.80. The predicted molar refractivity (Wildman–Crippen MR) is 112 cm³/mol. The summed E-state index contributed by atoms with van der Waals surface area (Å²) < 4.78 is 10.9. The van der Waals surface area contributed by atoms with E-state index in [0.29, 0.717) is 34.9 Å². The Morgan fingerprint density at radius 1 is 0.967 bits per heavy atom. The van der Waals surface area contributed by atoms with Crippen LogP contribution in [0.4, 0.5) is 5.69 Å². The van der Waals surface area contributed by atoms with Gasteiger partial charge in [0.1, 0.15) is 17.2 Å². The van der Waals surface area contributed by atoms with Gasteiger partial charge in [0.15, 0.2) is 0 Å². The molecular weight excluding hydrogens is 380 g/mol. The second-order valence-electron chi connectivity index (χ2n) is 7.23. The first-order chi connectivity index (χ1) is 14.7. The molecule has 0 N–H and O–H groups in total. The molecule has 150 valence electrons. The summed E-state index contributed by atoms with van der Waals surface area (Å²) in [5.74, 6) is 0.437. The van der Waals surface area contributed by atoms with Crippen molar-refractivity contribution in [2.24, 2.45) is 0 Å². The maximum atomic E-state index is 13.5. The zero-order valence-electron chi connectivity index (χ0n) is 16.5. The first-order valence-electron chi connectivity index (χ1n) is 9.80. The predicted octanol–water partition coefficient (Wildman–Crippen LogP) is 3.63. The van der Waals surface area contributed by atoms with E-state index < -0.39 is 0 Å². The Balaban J connectivity index is 1.66. The fourth-order valence-corrected chi connectivity index (χ4v) is 4.18. The Morgan fingerprint density at radius 2 is 1.77 bits per heavy atom. The molecule has 0 saturated carbocycles. The average molecular weight is 400 g/mol. The number of fused-ring (bicyclic) bond motifs is 1. The molecule has 2 amide bonds. The van der Waals surface area contributed by atoms with Crippen LogP contribution in [0.15, 0.2) is 77.0 Å². The number of furan rings is 1. The largest absolute Gasteiger partial charge is 0.496 e. The second kappa shape index (κ2) is 7.22. The lowest BCUT2D eigenvalue weighted by Gasteiger charge is -2.21. The van der Waals surface area contributed by atoms with Crippen LogP contribution in [0.25, 0.3) is 5.57 Å². The maximum absolute atomic E-state index is 13.5. The van der Waals surface area contributed by atoms with Crippen LogP contribution in [0.5, 0.6) is 5.75 Å². The highest BCUT2D eigenvalue weighted by atomic mass is 16.5. The maximum Gasteiger partial charge on any atom is 0.278 e. The number of rotatable bonds is 5. The molecule has 2 aliphatic rings. The van der Waals surface area contributed by atoms with E-state index in [-0.39, 0.29) is 18.4 Å². The summed E-state index contributed by atoms with van der Waals surface area (Å²) >= 11 is 0. The number of hydrogen-bond acceptors (Lipinski definition) is 5. The summed E-state index contributed by atoms with van der Waals surface area (Å²) in [7, 11) is 1.56. The topological polar surface area (TPSA) is 63.0 Å². The third-order valence-electron chi connectivity index (χ3n) is 5.57. The van der Waals surface area contributed by atoms with Crippen molar-refractivity contribution in [3.05, 3.63) is 89.5 Å². The highest BCUT2D eigenvalue weighted by Crippen LogP contribution is 2.41. The molecule has 2 aliphatic heterocycles. The van der Waals surface area contributed by atoms with Gasteiger partial charge in [-0.05, 0) is 36.2 Å². The van der Waals surface area contributed by atoms with Gasteiger partial charge in [0.05, 0.1) is 25.5 Å². The van der Waals surface area contributed by atoms with Gasteiger partial charge in [-0.3, -0.25) is 14.5 Å². The normalized spacial score (nSPS) is 15.9. The van der Waals surface area contributed by atoms with Crippen LogP contribution in [0.1, 0.15) is 16.9 Å². The fraction of sp³-hybridized carbons (Fsp3) is 0.167. The molecule has 0 radical (unpaired) electrons. The van der Waals surface area contributed by atoms with Crippen LogP contribution in [0, 0.1) is 0 Å². The summed E-state index contributed by atoms with van der Waals surface area (Å²) in [6.07, 6.45) is 2.35. The molecule has 0 spiro atoms. The number of nitrogens with zero attached hydrogens (tertiary/aromatic N) is 2. The Bertz CT molecular complexity index is 1160. The SMILES string of the molecule is COc1ccccc1C1=C(N2CCc3ccccc32)C(=O)N(Cc2ccco2)C1=O. The number of para-hydroxylation sites is 2. The van der Waals surface area contributed by atoms with E-state index in [1.807, 2.05) is 41.3 Å². The van der Waals surface area contributed by atoms with Gasteiger partial charge >= 0.3 is 0 Å². The Kier molecular flexibility index (Phi) is 4.39. The van der Waals surface area contributed by atoms with Crippen molar-refractivity contribution in [3.8, 4) is 5.75 Å². The summed E-state index contributed by atoms with van der Waals surface area (Å²) in [5, 5.41) is 0. The van der Waals surface area contributed by atoms with E-state index in [1.54, 1.807) is 25.3 Å². The highest BCUT2D eigenvalue weighted by molar-refractivity contribution is 6.37. The molecule has 5 rings (SSSR count). The molecule has 0 fully saturated rings. The molecule has 0 unspecified atom stereocenters. The second-order valence-corrected chi connectivity index (χ2v) is 7.23. The van der Waals surface area contributed by atoms with Crippen LogP contribution >= 0.6 is 0 Å². The summed E-state index contributed by atoms with van der Waals surface area (Å²) in [6.45, 7) is 0.725. The van der Waals surface area contributed by atoms with Gasteiger partial charge in [0.25, 0.3) is 11.8 Å². The molecular formula is C24H20N2O4. The van der Waals surface area contributed by atoms with E-state index in [4.69, 9.17) is 9.15 Å². The van der Waals surface area contributed by atoms with Crippen LogP contribution in [-0.2, 0) is 22.6 Å². The van der Waals surface area contributed by atoms with E-state index >= 15 is 0 Å². The van der Waals surface area contributed by atoms with Gasteiger partial charge in [-0.1, -0.05) is 36.4 Å². The van der Waals surface area contributed by atoms with Crippen molar-refractivity contribution in [3.63, 3.8) is 0 Å². The molecule has 0 bridgehead atoms. The average Bonchev–Trinajstić information content (AvgIpc) is 3.49. The van der Waals surface area contributed by atoms with Gasteiger partial charge in [-0.15, -0.1) is 0 Å². The van der Waals surface area contributed by atoms with Gasteiger partial charge < -0.3 is 14.1 Å². The number of hydrogen-bond donors (Lipinski definition) is 0. The highest BCUT2D eigenvalue weighted by Gasteiger charge is 2.44. The zero-order chi connectivity index (χ0) is 20.7. The minimum Gasteiger partial charge on any atom is -0.496 e. The fourth-order valence-electron chi connectivity index (χ4n) is 4.18. The number of anilines is 1. The van der Waals surface area contributed by atoms with Crippen LogP contribution in [-0.4, -0.2) is 30.4 Å². The van der Waals surface area contributed by atoms with Crippen LogP contribution in [0.2, 0.25) is 0 Å². The van der Waals surface area contributed by atoms with Crippen molar-refractivity contribution < 1.29 is 18.7 Å². The Labute approximate surface area is 174 Å². The monoisotopic (exact) mass is 400 g/mol. The number of imide groups is 1. The van der Waals surface area contributed by atoms with E-state index in [0.717, 1.165) is 17.7 Å². The number of ether oxygens (including phenoxy) is 1. The van der Waals surface area contributed by atoms with Gasteiger partial charge in [0.2, 0.25) is 0 Å². The van der Waals surface area contributed by atoms with Crippen LogP contribution < -0.4 is 9.64 Å². The number of carbonyl (C=O) groups excluding carboxylic acids is 2. The standard InChI is InChI=1S/C24H20N2O4/c1-29-20-11-5-3-9-18(20)21-22(25-13-12-16-7-2-4-10-19(16)25)24(28)26(23(21)27)15-17-8-6-14-30-17/h2-11,14H,12-13,15H2,1H3. The lowest BCUT2D eigenvalue weighted by Crippen LogP contribution is -2.34. The molecule has 1 aromatic heterocycles. The van der Waals surface area contributed by atoms with Gasteiger partial charge in [0, 0.05) is 17.8 Å². The molecule has 0 saturated heterocycles. The Morgan fingerprint density at radius 3 is 2.57 bits per heavy atom. The zero-order valence-corrected chi connectivity index (χ0v) is 16.5.